The van der Waals surface area contributed by atoms with Crippen LogP contribution in [-0.4, -0.2) is 16.2 Å². The normalized spacial score (nSPS) is 11.2. The van der Waals surface area contributed by atoms with Gasteiger partial charge < -0.3 is 20.4 Å². The summed E-state index contributed by atoms with van der Waals surface area (Å²) in [6.07, 6.45) is 1.56. The quantitative estimate of drug-likeness (QED) is 0.219. The summed E-state index contributed by atoms with van der Waals surface area (Å²) in [5.41, 5.74) is 12.7. The van der Waals surface area contributed by atoms with E-state index in [2.05, 4.69) is 72.1 Å². The lowest BCUT2D eigenvalue weighted by molar-refractivity contribution is -0.670. The van der Waals surface area contributed by atoms with Crippen molar-refractivity contribution in [2.45, 2.75) is 6.92 Å². The standard InChI is InChI=1S/C33H23N5O2S/c1-20-14-16-22(17-15-20)26-18-27(25-13-7-9-21-8-5-6-12-24(21)25)35-33-29(26)30(34)31(41-33)32(39)36-28-19-38(37-40-28)23-10-3-2-4-11-23/h2-19H,1H3,(H2-,34,36,37,39). The zero-order valence-electron chi connectivity index (χ0n) is 22.0. The van der Waals surface area contributed by atoms with Gasteiger partial charge in [0.1, 0.15) is 16.6 Å². The van der Waals surface area contributed by atoms with Crippen LogP contribution in [0.25, 0.3) is 54.4 Å². The van der Waals surface area contributed by atoms with Crippen LogP contribution in [0.2, 0.25) is 0 Å². The highest BCUT2D eigenvalue weighted by molar-refractivity contribution is 7.21. The summed E-state index contributed by atoms with van der Waals surface area (Å²) in [5, 5.41) is 11.1. The minimum Gasteiger partial charge on any atom is -0.583 e. The van der Waals surface area contributed by atoms with Gasteiger partial charge in [-0.1, -0.05) is 90.5 Å². The van der Waals surface area contributed by atoms with Gasteiger partial charge in [-0.05, 0) is 39.6 Å². The van der Waals surface area contributed by atoms with Gasteiger partial charge in [-0.3, -0.25) is 0 Å². The minimum absolute atomic E-state index is 0.0823. The number of thiophene rings is 1. The molecule has 7 aromatic rings. The molecule has 0 radical (unpaired) electrons. The van der Waals surface area contributed by atoms with Gasteiger partial charge in [0.15, 0.2) is 0 Å². The van der Waals surface area contributed by atoms with Crippen molar-refractivity contribution >= 4 is 49.8 Å². The van der Waals surface area contributed by atoms with Gasteiger partial charge in [0.25, 0.3) is 0 Å². The predicted octanol–water partition coefficient (Wildman–Crippen LogP) is 7.78. The van der Waals surface area contributed by atoms with Gasteiger partial charge in [-0.25, -0.2) is 4.98 Å². The number of nitrogen functional groups attached to an aromatic ring is 1. The van der Waals surface area contributed by atoms with Crippen molar-refractivity contribution in [3.63, 3.8) is 0 Å². The fourth-order valence-corrected chi connectivity index (χ4v) is 5.97. The third-order valence-electron chi connectivity index (χ3n) is 7.01. The molecule has 2 N–H and O–H groups in total. The van der Waals surface area contributed by atoms with Crippen molar-refractivity contribution in [2.24, 2.45) is 0 Å². The molecule has 3 aromatic heterocycles. The van der Waals surface area contributed by atoms with Crippen molar-refractivity contribution in [3.05, 3.63) is 125 Å². The van der Waals surface area contributed by atoms with Crippen molar-refractivity contribution in [1.29, 1.82) is 0 Å². The van der Waals surface area contributed by atoms with Crippen LogP contribution in [0.4, 0.5) is 11.6 Å². The average Bonchev–Trinajstić information content (AvgIpc) is 3.61. The van der Waals surface area contributed by atoms with E-state index in [9.17, 15) is 4.79 Å². The molecule has 0 bridgehead atoms. The van der Waals surface area contributed by atoms with E-state index in [-0.39, 0.29) is 5.88 Å². The maximum atomic E-state index is 13.4. The number of amides is 1. The molecule has 0 aliphatic rings. The van der Waals surface area contributed by atoms with E-state index in [1.165, 1.54) is 16.0 Å². The first-order valence-corrected chi connectivity index (χ1v) is 13.8. The molecular weight excluding hydrogens is 530 g/mol. The van der Waals surface area contributed by atoms with Crippen LogP contribution in [0.15, 0.2) is 114 Å². The van der Waals surface area contributed by atoms with E-state index >= 15 is 0 Å². The summed E-state index contributed by atoms with van der Waals surface area (Å²) in [7, 11) is 0. The third-order valence-corrected chi connectivity index (χ3v) is 8.10. The molecule has 0 saturated carbocycles. The van der Waals surface area contributed by atoms with Gasteiger partial charge in [-0.15, -0.1) is 11.3 Å². The first kappa shape index (κ1) is 24.7. The van der Waals surface area contributed by atoms with Crippen molar-refractivity contribution in [1.82, 2.24) is 10.3 Å². The van der Waals surface area contributed by atoms with E-state index in [0.717, 1.165) is 49.8 Å². The molecule has 7 nitrogen and oxygen atoms in total. The molecule has 0 unspecified atom stereocenters. The number of rotatable bonds is 5. The topological polar surface area (TPSA) is 100.0 Å². The van der Waals surface area contributed by atoms with E-state index in [0.29, 0.717) is 15.4 Å². The fraction of sp³-hybridized carbons (Fsp3) is 0.0303. The monoisotopic (exact) mass is 553 g/mol. The Morgan fingerprint density at radius 1 is 0.902 bits per heavy atom. The molecule has 198 valence electrons. The number of carbonyl (C=O) groups is 1. The number of para-hydroxylation sites is 1. The van der Waals surface area contributed by atoms with E-state index in [4.69, 9.17) is 15.2 Å². The zero-order chi connectivity index (χ0) is 27.9. The predicted molar refractivity (Wildman–Crippen MR) is 163 cm³/mol. The molecule has 3 heterocycles. The highest BCUT2D eigenvalue weighted by Crippen LogP contribution is 2.43. The number of carbonyl (C=O) groups excluding carboxylic acids is 1. The molecule has 0 aliphatic carbocycles. The Balaban J connectivity index is 1.34. The van der Waals surface area contributed by atoms with Gasteiger partial charge in [0, 0.05) is 23.1 Å². The summed E-state index contributed by atoms with van der Waals surface area (Å²) in [4.78, 5) is 19.4. The van der Waals surface area contributed by atoms with E-state index in [1.54, 1.807) is 6.20 Å². The van der Waals surface area contributed by atoms with Gasteiger partial charge >= 0.3 is 0 Å². The maximum absolute atomic E-state index is 13.4. The van der Waals surface area contributed by atoms with Crippen LogP contribution < -0.4 is 10.4 Å². The van der Waals surface area contributed by atoms with Gasteiger partial charge in [0.2, 0.25) is 17.2 Å². The van der Waals surface area contributed by atoms with E-state index in [1.807, 2.05) is 48.5 Å². The Morgan fingerprint density at radius 2 is 1.66 bits per heavy atom. The SMILES string of the molecule is Cc1ccc(-c2cc(-c3cccc4ccccc34)nc3sc(C(=O)[N-]c4c[n+](-c5ccccc5)no4)c(N)c23)cc1. The minimum atomic E-state index is -0.511. The summed E-state index contributed by atoms with van der Waals surface area (Å²) < 4.78 is 6.84. The number of hydrogen-bond acceptors (Lipinski definition) is 6. The van der Waals surface area contributed by atoms with E-state index < -0.39 is 5.91 Å². The Labute approximate surface area is 239 Å². The first-order valence-electron chi connectivity index (χ1n) is 13.0. The average molecular weight is 554 g/mol. The lowest BCUT2D eigenvalue weighted by Gasteiger charge is -2.12. The number of aryl methyl sites for hydroxylation is 1. The highest BCUT2D eigenvalue weighted by Gasteiger charge is 2.20. The van der Waals surface area contributed by atoms with Crippen LogP contribution in [0.5, 0.6) is 0 Å². The van der Waals surface area contributed by atoms with Crippen LogP contribution in [0, 0.1) is 6.92 Å². The second kappa shape index (κ2) is 10.0. The molecule has 0 atom stereocenters. The second-order valence-electron chi connectivity index (χ2n) is 9.71. The number of aromatic nitrogens is 3. The van der Waals surface area contributed by atoms with Gasteiger partial charge in [-0.2, -0.15) is 0 Å². The number of nitrogens with zero attached hydrogens (tertiary/aromatic N) is 4. The molecule has 1 amide bonds. The number of fused-ring (bicyclic) bond motifs is 2. The Kier molecular flexibility index (Phi) is 6.02. The lowest BCUT2D eigenvalue weighted by Crippen LogP contribution is -2.30. The summed E-state index contributed by atoms with van der Waals surface area (Å²) >= 11 is 1.23. The number of nitrogens with two attached hydrogens (primary N) is 1. The molecule has 41 heavy (non-hydrogen) atoms. The molecule has 8 heteroatoms. The number of benzene rings is 4. The molecule has 0 saturated heterocycles. The summed E-state index contributed by atoms with van der Waals surface area (Å²) in [6, 6.07) is 34.2. The number of anilines is 1. The molecule has 0 aliphatic heterocycles. The highest BCUT2D eigenvalue weighted by atomic mass is 32.1. The number of pyridine rings is 1. The van der Waals surface area contributed by atoms with Crippen LogP contribution >= 0.6 is 11.3 Å². The molecular formula is C33H23N5O2S. The number of hydrogen-bond donors (Lipinski definition) is 1. The first-order chi connectivity index (χ1) is 20.0. The Hall–Kier alpha value is -5.34. The summed E-state index contributed by atoms with van der Waals surface area (Å²) in [5.74, 6) is -0.428. The van der Waals surface area contributed by atoms with Crippen LogP contribution in [0.1, 0.15) is 15.2 Å². The van der Waals surface area contributed by atoms with Crippen molar-refractivity contribution in [3.8, 4) is 28.1 Å². The maximum Gasteiger partial charge on any atom is 0.241 e. The lowest BCUT2D eigenvalue weighted by atomic mass is 9.96. The summed E-state index contributed by atoms with van der Waals surface area (Å²) in [6.45, 7) is 2.05. The zero-order valence-corrected chi connectivity index (χ0v) is 22.8. The van der Waals surface area contributed by atoms with Crippen molar-refractivity contribution < 1.29 is 14.0 Å². The van der Waals surface area contributed by atoms with Gasteiger partial charge in [0.05, 0.1) is 16.3 Å². The Morgan fingerprint density at radius 3 is 2.49 bits per heavy atom. The molecule has 0 fully saturated rings. The van der Waals surface area contributed by atoms with Crippen molar-refractivity contribution in [2.75, 3.05) is 5.73 Å². The third kappa shape index (κ3) is 4.50. The smallest absolute Gasteiger partial charge is 0.241 e. The largest absolute Gasteiger partial charge is 0.583 e. The van der Waals surface area contributed by atoms with Crippen LogP contribution in [-0.2, 0) is 0 Å². The second-order valence-corrected chi connectivity index (χ2v) is 10.7. The van der Waals surface area contributed by atoms with Crippen LogP contribution in [0.3, 0.4) is 0 Å². The molecule has 0 spiro atoms. The fourth-order valence-electron chi connectivity index (χ4n) is 4.97. The Bertz CT molecular complexity index is 2060. The molecule has 4 aromatic carbocycles. The molecule has 7 rings (SSSR count).